The molecule has 14 heavy (non-hydrogen) atoms. The fraction of sp³-hybridized carbons (Fsp3) is 0.692. The topological polar surface area (TPSA) is 0 Å². The van der Waals surface area contributed by atoms with Crippen LogP contribution in [0.5, 0.6) is 0 Å². The van der Waals surface area contributed by atoms with Crippen molar-refractivity contribution in [3.63, 3.8) is 0 Å². The molecule has 0 aromatic rings. The van der Waals surface area contributed by atoms with Gasteiger partial charge in [-0.2, -0.15) is 0 Å². The second-order valence-corrected chi connectivity index (χ2v) is 3.60. The smallest absolute Gasteiger partial charge is 0.00918 e. The lowest BCUT2D eigenvalue weighted by Crippen LogP contribution is -1.67. The van der Waals surface area contributed by atoms with E-state index in [9.17, 15) is 0 Å². The summed E-state index contributed by atoms with van der Waals surface area (Å²) < 4.78 is 1.30. The maximum absolute atomic E-state index is 3.64. The predicted octanol–water partition coefficient (Wildman–Crippen LogP) is 6.08. The molecule has 0 N–H and O–H groups in total. The molecule has 0 unspecified atom stereocenters. The highest BCUT2D eigenvalue weighted by Crippen LogP contribution is 2.10. The van der Waals surface area contributed by atoms with E-state index in [1.165, 1.54) is 10.9 Å². The van der Waals surface area contributed by atoms with Gasteiger partial charge in [-0.15, -0.1) is 6.58 Å². The molecule has 0 fully saturated rings. The molecule has 0 amide bonds. The molecule has 0 aromatic carbocycles. The first-order valence-electron chi connectivity index (χ1n) is 5.68. The molecule has 0 bridgehead atoms. The average molecular weight is 263 g/mol. The summed E-state index contributed by atoms with van der Waals surface area (Å²) in [5.41, 5.74) is 0. The zero-order chi connectivity index (χ0) is 11.8. The fourth-order valence-electron chi connectivity index (χ4n) is 0.502. The van der Waals surface area contributed by atoms with Gasteiger partial charge in [0.2, 0.25) is 0 Å². The Hall–Kier alpha value is -0.0400. The maximum atomic E-state index is 3.64. The summed E-state index contributed by atoms with van der Waals surface area (Å²) in [7, 11) is 0. The molecule has 0 heterocycles. The molecule has 86 valence electrons. The van der Waals surface area contributed by atoms with Gasteiger partial charge in [0.15, 0.2) is 0 Å². The number of hydrogen-bond acceptors (Lipinski definition) is 0. The summed E-state index contributed by atoms with van der Waals surface area (Å²) in [6, 6.07) is 0. The van der Waals surface area contributed by atoms with Gasteiger partial charge in [-0.1, -0.05) is 69.1 Å². The highest BCUT2D eigenvalue weighted by Gasteiger charge is 1.82. The fourth-order valence-corrected chi connectivity index (χ4v) is 0.731. The molecule has 0 aliphatic heterocycles. The highest BCUT2D eigenvalue weighted by molar-refractivity contribution is 9.11. The Morgan fingerprint density at radius 3 is 1.86 bits per heavy atom. The third-order valence-corrected chi connectivity index (χ3v) is 1.96. The predicted molar refractivity (Wildman–Crippen MR) is 74.0 cm³/mol. The van der Waals surface area contributed by atoms with E-state index in [2.05, 4.69) is 49.4 Å². The standard InChI is InChI=1S/C8H13Br.C3H8.C2H6/c1-3-5-6-7-8(9)4-2;1-3-2;1-2/h3,7H,1,4-6H2,2H3;3H2,1-2H3;1-2H3/b8-7+;;. The van der Waals surface area contributed by atoms with Crippen LogP contribution in [-0.4, -0.2) is 0 Å². The SMILES string of the molecule is C=CCC/C=C(/Br)CC.CC.CCC. The first-order valence-corrected chi connectivity index (χ1v) is 6.47. The molecule has 0 aliphatic carbocycles. The lowest BCUT2D eigenvalue weighted by atomic mass is 10.3. The van der Waals surface area contributed by atoms with E-state index in [0.29, 0.717) is 0 Å². The van der Waals surface area contributed by atoms with Crippen molar-refractivity contribution in [2.24, 2.45) is 0 Å². The molecule has 1 heteroatoms. The lowest BCUT2D eigenvalue weighted by Gasteiger charge is -1.89. The van der Waals surface area contributed by atoms with E-state index >= 15 is 0 Å². The first kappa shape index (κ1) is 19.5. The molecule has 0 saturated carbocycles. The minimum absolute atomic E-state index is 1.08. The van der Waals surface area contributed by atoms with Gasteiger partial charge in [0.25, 0.3) is 0 Å². The van der Waals surface area contributed by atoms with Gasteiger partial charge in [0.1, 0.15) is 0 Å². The number of unbranched alkanes of at least 4 members (excludes halogenated alkanes) is 1. The zero-order valence-corrected chi connectivity index (χ0v) is 12.2. The Kier molecular flexibility index (Phi) is 32.2. The monoisotopic (exact) mass is 262 g/mol. The third-order valence-electron chi connectivity index (χ3n) is 1.07. The summed E-state index contributed by atoms with van der Waals surface area (Å²) >= 11 is 3.43. The van der Waals surface area contributed by atoms with E-state index in [1.54, 1.807) is 0 Å². The molecule has 0 nitrogen and oxygen atoms in total. The summed E-state index contributed by atoms with van der Waals surface area (Å²) in [6.07, 6.45) is 8.66. The van der Waals surface area contributed by atoms with Crippen LogP contribution in [-0.2, 0) is 0 Å². The van der Waals surface area contributed by atoms with Gasteiger partial charge in [0, 0.05) is 0 Å². The Labute approximate surface area is 99.6 Å². The normalized spacial score (nSPS) is 9.14. The average Bonchev–Trinajstić information content (AvgIpc) is 2.22. The van der Waals surface area contributed by atoms with Crippen molar-refractivity contribution < 1.29 is 0 Å². The van der Waals surface area contributed by atoms with Crippen molar-refractivity contribution >= 4 is 15.9 Å². The largest absolute Gasteiger partial charge is 0.103 e. The van der Waals surface area contributed by atoms with Crippen LogP contribution in [0.15, 0.2) is 23.2 Å². The number of allylic oxidation sites excluding steroid dienone is 3. The van der Waals surface area contributed by atoms with E-state index in [4.69, 9.17) is 0 Å². The van der Waals surface area contributed by atoms with Crippen LogP contribution in [0.1, 0.15) is 60.3 Å². The van der Waals surface area contributed by atoms with E-state index in [0.717, 1.165) is 19.3 Å². The zero-order valence-electron chi connectivity index (χ0n) is 10.6. The first-order chi connectivity index (χ1) is 6.72. The van der Waals surface area contributed by atoms with Gasteiger partial charge in [-0.25, -0.2) is 0 Å². The van der Waals surface area contributed by atoms with Gasteiger partial charge < -0.3 is 0 Å². The number of hydrogen-bond donors (Lipinski definition) is 0. The molecule has 0 rings (SSSR count). The summed E-state index contributed by atoms with van der Waals surface area (Å²) in [5, 5.41) is 0. The quantitative estimate of drug-likeness (QED) is 0.425. The van der Waals surface area contributed by atoms with Crippen molar-refractivity contribution in [1.82, 2.24) is 0 Å². The van der Waals surface area contributed by atoms with Crippen molar-refractivity contribution in [3.05, 3.63) is 23.2 Å². The third kappa shape index (κ3) is 29.7. The van der Waals surface area contributed by atoms with Crippen LogP contribution in [0.25, 0.3) is 0 Å². The molecular weight excluding hydrogens is 236 g/mol. The van der Waals surface area contributed by atoms with Crippen molar-refractivity contribution in [3.8, 4) is 0 Å². The number of rotatable bonds is 4. The maximum Gasteiger partial charge on any atom is -0.00918 e. The van der Waals surface area contributed by atoms with Crippen molar-refractivity contribution in [2.45, 2.75) is 60.3 Å². The second kappa shape index (κ2) is 23.1. The highest BCUT2D eigenvalue weighted by atomic mass is 79.9. The van der Waals surface area contributed by atoms with Gasteiger partial charge >= 0.3 is 0 Å². The Morgan fingerprint density at radius 1 is 1.14 bits per heavy atom. The molecular formula is C13H27Br. The number of halogens is 1. The van der Waals surface area contributed by atoms with Crippen LogP contribution >= 0.6 is 15.9 Å². The molecule has 0 spiro atoms. The summed E-state index contributed by atoms with van der Waals surface area (Å²) in [4.78, 5) is 0. The van der Waals surface area contributed by atoms with Gasteiger partial charge in [0.05, 0.1) is 0 Å². The van der Waals surface area contributed by atoms with Crippen LogP contribution in [0.3, 0.4) is 0 Å². The van der Waals surface area contributed by atoms with Crippen LogP contribution in [0, 0.1) is 0 Å². The van der Waals surface area contributed by atoms with E-state index in [-0.39, 0.29) is 0 Å². The molecule has 0 aromatic heterocycles. The van der Waals surface area contributed by atoms with Crippen molar-refractivity contribution in [1.29, 1.82) is 0 Å². The van der Waals surface area contributed by atoms with Crippen LogP contribution in [0.2, 0.25) is 0 Å². The van der Waals surface area contributed by atoms with Crippen molar-refractivity contribution in [2.75, 3.05) is 0 Å². The van der Waals surface area contributed by atoms with Gasteiger partial charge in [-0.3, -0.25) is 0 Å². The van der Waals surface area contributed by atoms with Gasteiger partial charge in [-0.05, 0) is 23.7 Å². The Morgan fingerprint density at radius 2 is 1.57 bits per heavy atom. The summed E-state index contributed by atoms with van der Waals surface area (Å²) in [6.45, 7) is 14.0. The molecule has 0 atom stereocenters. The minimum atomic E-state index is 1.08. The van der Waals surface area contributed by atoms with E-state index in [1.807, 2.05) is 19.9 Å². The summed E-state index contributed by atoms with van der Waals surface area (Å²) in [5.74, 6) is 0. The molecule has 0 saturated heterocycles. The van der Waals surface area contributed by atoms with Crippen LogP contribution in [0.4, 0.5) is 0 Å². The molecule has 0 aliphatic rings. The lowest BCUT2D eigenvalue weighted by molar-refractivity contribution is 1.04. The van der Waals surface area contributed by atoms with E-state index < -0.39 is 0 Å². The second-order valence-electron chi connectivity index (χ2n) is 2.58. The Balaban J connectivity index is -0.000000205. The Bertz CT molecular complexity index is 114. The van der Waals surface area contributed by atoms with Crippen LogP contribution < -0.4 is 0 Å². The minimum Gasteiger partial charge on any atom is -0.103 e. The molecule has 0 radical (unpaired) electrons.